The summed E-state index contributed by atoms with van der Waals surface area (Å²) >= 11 is 0. The van der Waals surface area contributed by atoms with Crippen molar-refractivity contribution < 1.29 is 0 Å². The number of hydrogen-bond donors (Lipinski definition) is 1. The molecule has 0 unspecified atom stereocenters. The second-order valence-electron chi connectivity index (χ2n) is 1.74. The second-order valence-corrected chi connectivity index (χ2v) is 2.48. The van der Waals surface area contributed by atoms with Gasteiger partial charge in [0.1, 0.15) is 0 Å². The molecule has 1 nitrogen and oxygen atoms in total. The number of nitrogens with one attached hydrogen (secondary N) is 1. The van der Waals surface area contributed by atoms with E-state index in [0.29, 0.717) is 0 Å². The Morgan fingerprint density at radius 1 is 1.12 bits per heavy atom. The molecule has 0 aromatic carbocycles. The van der Waals surface area contributed by atoms with Crippen molar-refractivity contribution in [3.8, 4) is 0 Å². The Balaban J connectivity index is 2.78. The monoisotopic (exact) mass is 123 g/mol. The van der Waals surface area contributed by atoms with E-state index in [1.807, 2.05) is 12.4 Å². The van der Waals surface area contributed by atoms with Crippen molar-refractivity contribution in [1.29, 1.82) is 0 Å². The molecule has 2 heteroatoms. The molecular weight excluding hydrogens is 118 g/mol. The van der Waals surface area contributed by atoms with Gasteiger partial charge in [0, 0.05) is 34.3 Å². The Morgan fingerprint density at radius 3 is 2.38 bits per heavy atom. The van der Waals surface area contributed by atoms with Crippen LogP contribution in [0.3, 0.4) is 0 Å². The van der Waals surface area contributed by atoms with Gasteiger partial charge >= 0.3 is 0 Å². The van der Waals surface area contributed by atoms with Crippen LogP contribution in [0, 0.1) is 0 Å². The van der Waals surface area contributed by atoms with Crippen molar-refractivity contribution in [1.82, 2.24) is 4.98 Å². The normalized spacial score (nSPS) is 13.5. The molecule has 1 aromatic rings. The van der Waals surface area contributed by atoms with Crippen molar-refractivity contribution in [2.45, 2.75) is 0 Å². The lowest BCUT2D eigenvalue weighted by Gasteiger charge is -1.75. The molecule has 2 rings (SSSR count). The molecule has 0 atom stereocenters. The van der Waals surface area contributed by atoms with Crippen LogP contribution in [0.2, 0.25) is 0 Å². The van der Waals surface area contributed by atoms with E-state index in [0.717, 1.165) is 0 Å². The van der Waals surface area contributed by atoms with Gasteiger partial charge in [-0.1, -0.05) is 0 Å². The fourth-order valence-corrected chi connectivity index (χ4v) is 1.54. The quantitative estimate of drug-likeness (QED) is 0.504. The van der Waals surface area contributed by atoms with Crippen LogP contribution in [0.1, 0.15) is 11.1 Å². The van der Waals surface area contributed by atoms with Crippen LogP contribution in [0.15, 0.2) is 12.4 Å². The van der Waals surface area contributed by atoms with Gasteiger partial charge in [-0.25, -0.2) is 0 Å². The van der Waals surface area contributed by atoms with Crippen LogP contribution in [0.5, 0.6) is 0 Å². The van der Waals surface area contributed by atoms with Gasteiger partial charge in [0.05, 0.1) is 0 Å². The highest BCUT2D eigenvalue weighted by molar-refractivity contribution is 7.97. The second kappa shape index (κ2) is 1.36. The highest BCUT2D eigenvalue weighted by Crippen LogP contribution is 2.07. The predicted octanol–water partition coefficient (Wildman–Crippen LogP) is 1.06. The SMILES string of the molecule is C1=S=Cc2c[nH]cc21. The van der Waals surface area contributed by atoms with Crippen molar-refractivity contribution in [2.24, 2.45) is 0 Å². The smallest absolute Gasteiger partial charge is 0.00982 e. The molecule has 1 N–H and O–H groups in total. The Labute approximate surface area is 50.9 Å². The molecule has 2 heterocycles. The molecule has 0 spiro atoms. The Bertz CT molecular complexity index is 243. The highest BCUT2D eigenvalue weighted by Gasteiger charge is 1.98. The molecule has 1 aromatic heterocycles. The Hall–Kier alpha value is -0.760. The van der Waals surface area contributed by atoms with E-state index in [4.69, 9.17) is 0 Å². The first-order valence-electron chi connectivity index (χ1n) is 2.45. The van der Waals surface area contributed by atoms with Gasteiger partial charge < -0.3 is 4.98 Å². The average Bonchev–Trinajstić information content (AvgIpc) is 2.15. The summed E-state index contributed by atoms with van der Waals surface area (Å²) in [7, 11) is 1.74. The summed E-state index contributed by atoms with van der Waals surface area (Å²) in [4.78, 5) is 3.02. The van der Waals surface area contributed by atoms with E-state index < -0.39 is 0 Å². The first-order chi connectivity index (χ1) is 3.97. The first-order valence-corrected chi connectivity index (χ1v) is 3.40. The van der Waals surface area contributed by atoms with Gasteiger partial charge in [0.15, 0.2) is 0 Å². The molecule has 1 aliphatic rings. The minimum Gasteiger partial charge on any atom is -0.366 e. The zero-order valence-corrected chi connectivity index (χ0v) is 5.03. The van der Waals surface area contributed by atoms with E-state index >= 15 is 0 Å². The maximum Gasteiger partial charge on any atom is 0.00982 e. The zero-order chi connectivity index (χ0) is 5.40. The largest absolute Gasteiger partial charge is 0.366 e. The number of rotatable bonds is 0. The van der Waals surface area contributed by atoms with E-state index in [1.165, 1.54) is 11.1 Å². The summed E-state index contributed by atoms with van der Waals surface area (Å²) in [6.45, 7) is 0. The van der Waals surface area contributed by atoms with Crippen molar-refractivity contribution in [3.63, 3.8) is 0 Å². The van der Waals surface area contributed by atoms with Crippen LogP contribution < -0.4 is 0 Å². The minimum atomic E-state index is 1.31. The highest BCUT2D eigenvalue weighted by atomic mass is 32.1. The van der Waals surface area contributed by atoms with Gasteiger partial charge in [-0.15, -0.1) is 0 Å². The van der Waals surface area contributed by atoms with Gasteiger partial charge in [-0.3, -0.25) is 0 Å². The molecule has 0 radical (unpaired) electrons. The molecule has 0 fully saturated rings. The molecule has 1 aliphatic heterocycles. The number of aromatic amines is 1. The third kappa shape index (κ3) is 0.406. The third-order valence-corrected chi connectivity index (χ3v) is 1.98. The van der Waals surface area contributed by atoms with Crippen LogP contribution >= 0.6 is 10.9 Å². The number of aromatic nitrogens is 1. The van der Waals surface area contributed by atoms with Crippen molar-refractivity contribution in [2.75, 3.05) is 0 Å². The number of fused-ring (bicyclic) bond motifs is 1. The maximum atomic E-state index is 3.02. The number of hydrogen-bond acceptors (Lipinski definition) is 0. The van der Waals surface area contributed by atoms with Crippen LogP contribution in [-0.2, 0) is 0 Å². The maximum absolute atomic E-state index is 3.02. The van der Waals surface area contributed by atoms with Gasteiger partial charge in [-0.2, -0.15) is 10.9 Å². The van der Waals surface area contributed by atoms with Crippen molar-refractivity contribution >= 4 is 21.7 Å². The Kier molecular flexibility index (Phi) is 0.704. The fraction of sp³-hybridized carbons (Fsp3) is 0. The molecule has 0 amide bonds. The lowest BCUT2D eigenvalue weighted by atomic mass is 10.2. The molecule has 0 aliphatic carbocycles. The standard InChI is InChI=1S/C6H5NS/c1-5-3-8-4-6(5)2-7-1/h1-4,7H. The predicted molar refractivity (Wildman–Crippen MR) is 38.7 cm³/mol. The van der Waals surface area contributed by atoms with Crippen LogP contribution in [-0.4, -0.2) is 15.7 Å². The summed E-state index contributed by atoms with van der Waals surface area (Å²) in [5, 5.41) is 4.26. The summed E-state index contributed by atoms with van der Waals surface area (Å²) < 4.78 is 0. The molecule has 40 valence electrons. The first kappa shape index (κ1) is 4.15. The summed E-state index contributed by atoms with van der Waals surface area (Å²) in [6.07, 6.45) is 4.01. The summed E-state index contributed by atoms with van der Waals surface area (Å²) in [5.41, 5.74) is 2.63. The van der Waals surface area contributed by atoms with Crippen molar-refractivity contribution in [3.05, 3.63) is 23.5 Å². The molecule has 0 saturated heterocycles. The van der Waals surface area contributed by atoms with Gasteiger partial charge in [0.2, 0.25) is 0 Å². The van der Waals surface area contributed by atoms with E-state index in [-0.39, 0.29) is 0 Å². The van der Waals surface area contributed by atoms with E-state index in [2.05, 4.69) is 15.7 Å². The average molecular weight is 123 g/mol. The third-order valence-electron chi connectivity index (χ3n) is 1.20. The molecule has 0 saturated carbocycles. The van der Waals surface area contributed by atoms with Crippen LogP contribution in [0.25, 0.3) is 0 Å². The van der Waals surface area contributed by atoms with Crippen LogP contribution in [0.4, 0.5) is 0 Å². The summed E-state index contributed by atoms with van der Waals surface area (Å²) in [6, 6.07) is 0. The lowest BCUT2D eigenvalue weighted by Crippen LogP contribution is -1.72. The topological polar surface area (TPSA) is 15.8 Å². The van der Waals surface area contributed by atoms with E-state index in [1.54, 1.807) is 10.9 Å². The zero-order valence-electron chi connectivity index (χ0n) is 4.22. The molecule has 0 bridgehead atoms. The van der Waals surface area contributed by atoms with Gasteiger partial charge in [0.25, 0.3) is 0 Å². The Morgan fingerprint density at radius 2 is 1.75 bits per heavy atom. The lowest BCUT2D eigenvalue weighted by molar-refractivity contribution is 1.41. The molecular formula is C6H5NS. The molecule has 8 heavy (non-hydrogen) atoms. The number of H-pyrrole nitrogens is 1. The van der Waals surface area contributed by atoms with Gasteiger partial charge in [-0.05, 0) is 0 Å². The summed E-state index contributed by atoms with van der Waals surface area (Å²) in [5.74, 6) is 0. The minimum absolute atomic E-state index is 1.31. The van der Waals surface area contributed by atoms with E-state index in [9.17, 15) is 0 Å². The fourth-order valence-electron chi connectivity index (χ4n) is 0.773.